The highest BCUT2D eigenvalue weighted by Gasteiger charge is 2.17. The summed E-state index contributed by atoms with van der Waals surface area (Å²) in [6, 6.07) is 9.81. The molecule has 0 aliphatic carbocycles. The highest BCUT2D eigenvalue weighted by atomic mass is 19.1. The van der Waals surface area contributed by atoms with Crippen molar-refractivity contribution in [2.45, 2.75) is 0 Å². The maximum absolute atomic E-state index is 14.1. The second-order valence-electron chi connectivity index (χ2n) is 7.65. The number of aromatic nitrogens is 7. The standard InChI is InChI=1S/C24H16FN7O2/c1-34-17-6-12(4-15(25)8-17)18-2-3-27-23-20(18)29-24(30-23)21-19-7-14(10-28-22(19)32-31-21)13-5-16(33)11-26-9-13/h2-11,33H,1H3,(H,27,29,30)(H,28,31,32). The molecular weight excluding hydrogens is 437 g/mol. The molecule has 0 aliphatic rings. The number of fused-ring (bicyclic) bond motifs is 2. The van der Waals surface area contributed by atoms with Crippen molar-refractivity contribution in [1.82, 2.24) is 35.1 Å². The summed E-state index contributed by atoms with van der Waals surface area (Å²) in [7, 11) is 1.49. The molecule has 0 amide bonds. The Hall–Kier alpha value is -4.86. The van der Waals surface area contributed by atoms with Crippen molar-refractivity contribution in [2.75, 3.05) is 7.11 Å². The van der Waals surface area contributed by atoms with Crippen LogP contribution in [0.5, 0.6) is 11.5 Å². The maximum atomic E-state index is 14.1. The molecule has 6 aromatic rings. The Bertz CT molecular complexity index is 1690. The molecule has 34 heavy (non-hydrogen) atoms. The number of aromatic amines is 2. The zero-order valence-corrected chi connectivity index (χ0v) is 17.7. The minimum absolute atomic E-state index is 0.0647. The van der Waals surface area contributed by atoms with E-state index < -0.39 is 5.82 Å². The maximum Gasteiger partial charge on any atom is 0.181 e. The van der Waals surface area contributed by atoms with E-state index in [0.717, 1.165) is 22.1 Å². The quantitative estimate of drug-likeness (QED) is 0.359. The molecule has 0 saturated carbocycles. The molecule has 3 N–H and O–H groups in total. The molecule has 166 valence electrons. The van der Waals surface area contributed by atoms with Crippen LogP contribution in [0.15, 0.2) is 61.2 Å². The monoisotopic (exact) mass is 453 g/mol. The van der Waals surface area contributed by atoms with Gasteiger partial charge < -0.3 is 14.8 Å². The van der Waals surface area contributed by atoms with Gasteiger partial charge in [0.2, 0.25) is 0 Å². The van der Waals surface area contributed by atoms with E-state index in [1.54, 1.807) is 36.8 Å². The first kappa shape index (κ1) is 19.8. The summed E-state index contributed by atoms with van der Waals surface area (Å²) in [5.41, 5.74) is 5.10. The number of methoxy groups -OCH3 is 1. The fourth-order valence-electron chi connectivity index (χ4n) is 3.93. The summed E-state index contributed by atoms with van der Waals surface area (Å²) >= 11 is 0. The van der Waals surface area contributed by atoms with Gasteiger partial charge in [0.25, 0.3) is 0 Å². The van der Waals surface area contributed by atoms with E-state index in [1.807, 2.05) is 6.07 Å². The van der Waals surface area contributed by atoms with Crippen LogP contribution >= 0.6 is 0 Å². The first-order valence-electron chi connectivity index (χ1n) is 10.3. The van der Waals surface area contributed by atoms with Gasteiger partial charge in [-0.3, -0.25) is 10.1 Å². The smallest absolute Gasteiger partial charge is 0.181 e. The molecule has 1 aromatic carbocycles. The number of hydrogen-bond donors (Lipinski definition) is 3. The van der Waals surface area contributed by atoms with Crippen molar-refractivity contribution < 1.29 is 14.2 Å². The lowest BCUT2D eigenvalue weighted by atomic mass is 10.1. The van der Waals surface area contributed by atoms with Crippen LogP contribution in [0, 0.1) is 5.82 Å². The number of halogens is 1. The van der Waals surface area contributed by atoms with Crippen LogP contribution < -0.4 is 4.74 Å². The largest absolute Gasteiger partial charge is 0.506 e. The second-order valence-corrected chi connectivity index (χ2v) is 7.65. The molecule has 0 fully saturated rings. The van der Waals surface area contributed by atoms with Crippen LogP contribution in [0.3, 0.4) is 0 Å². The van der Waals surface area contributed by atoms with Crippen molar-refractivity contribution >= 4 is 22.2 Å². The van der Waals surface area contributed by atoms with Gasteiger partial charge in [0.05, 0.1) is 24.2 Å². The van der Waals surface area contributed by atoms with Gasteiger partial charge in [0, 0.05) is 41.3 Å². The van der Waals surface area contributed by atoms with Crippen LogP contribution in [0.1, 0.15) is 0 Å². The average molecular weight is 453 g/mol. The third-order valence-corrected chi connectivity index (χ3v) is 5.51. The Morgan fingerprint density at radius 3 is 2.68 bits per heavy atom. The SMILES string of the molecule is COc1cc(F)cc(-c2ccnc3nc(-c4[nH]nc5ncc(-c6cncc(O)c6)cc45)[nH]c23)c1. The number of ether oxygens (including phenoxy) is 1. The third-order valence-electron chi connectivity index (χ3n) is 5.51. The highest BCUT2D eigenvalue weighted by molar-refractivity contribution is 5.96. The molecule has 0 bridgehead atoms. The lowest BCUT2D eigenvalue weighted by molar-refractivity contribution is 0.411. The van der Waals surface area contributed by atoms with Crippen molar-refractivity contribution in [3.05, 3.63) is 67.0 Å². The first-order chi connectivity index (χ1) is 16.6. The molecule has 0 saturated heterocycles. The van der Waals surface area contributed by atoms with E-state index in [1.165, 1.54) is 25.4 Å². The molecule has 10 heteroatoms. The average Bonchev–Trinajstić information content (AvgIpc) is 3.47. The van der Waals surface area contributed by atoms with E-state index in [-0.39, 0.29) is 5.75 Å². The second kappa shape index (κ2) is 7.62. The minimum atomic E-state index is -0.404. The third kappa shape index (κ3) is 3.28. The van der Waals surface area contributed by atoms with E-state index in [9.17, 15) is 9.50 Å². The lowest BCUT2D eigenvalue weighted by Crippen LogP contribution is -1.88. The molecular formula is C24H16FN7O2. The van der Waals surface area contributed by atoms with Crippen molar-refractivity contribution in [3.8, 4) is 45.3 Å². The number of aromatic hydroxyl groups is 1. The minimum Gasteiger partial charge on any atom is -0.506 e. The van der Waals surface area contributed by atoms with Gasteiger partial charge >= 0.3 is 0 Å². The van der Waals surface area contributed by atoms with E-state index in [4.69, 9.17) is 4.74 Å². The molecule has 5 aromatic heterocycles. The van der Waals surface area contributed by atoms with Crippen LogP contribution in [0.25, 0.3) is 56.0 Å². The predicted molar refractivity (Wildman–Crippen MR) is 124 cm³/mol. The molecule has 0 radical (unpaired) electrons. The van der Waals surface area contributed by atoms with Gasteiger partial charge in [0.1, 0.15) is 23.0 Å². The van der Waals surface area contributed by atoms with Crippen molar-refractivity contribution in [3.63, 3.8) is 0 Å². The predicted octanol–water partition coefficient (Wildman–Crippen LogP) is 4.48. The van der Waals surface area contributed by atoms with Crippen molar-refractivity contribution in [1.29, 1.82) is 0 Å². The lowest BCUT2D eigenvalue weighted by Gasteiger charge is -2.06. The number of benzene rings is 1. The molecule has 0 spiro atoms. The number of rotatable bonds is 4. The van der Waals surface area contributed by atoms with Crippen LogP contribution in [-0.4, -0.2) is 47.3 Å². The van der Waals surface area contributed by atoms with Gasteiger partial charge in [-0.05, 0) is 35.9 Å². The Balaban J connectivity index is 1.50. The molecule has 0 atom stereocenters. The molecule has 0 unspecified atom stereocenters. The number of H-pyrrole nitrogens is 2. The number of nitrogens with one attached hydrogen (secondary N) is 2. The van der Waals surface area contributed by atoms with Crippen LogP contribution in [0.2, 0.25) is 0 Å². The number of hydrogen-bond acceptors (Lipinski definition) is 7. The molecule has 0 aliphatic heterocycles. The summed E-state index contributed by atoms with van der Waals surface area (Å²) in [6.07, 6.45) is 6.30. The van der Waals surface area contributed by atoms with Gasteiger partial charge in [-0.15, -0.1) is 0 Å². The molecule has 6 rings (SSSR count). The topological polar surface area (TPSA) is 125 Å². The fraction of sp³-hybridized carbons (Fsp3) is 0.0417. The van der Waals surface area contributed by atoms with Gasteiger partial charge in [0.15, 0.2) is 17.1 Å². The zero-order valence-electron chi connectivity index (χ0n) is 17.7. The summed E-state index contributed by atoms with van der Waals surface area (Å²) < 4.78 is 19.4. The molecule has 5 heterocycles. The normalized spacial score (nSPS) is 11.4. The van der Waals surface area contributed by atoms with Crippen molar-refractivity contribution in [2.24, 2.45) is 0 Å². The van der Waals surface area contributed by atoms with Crippen LogP contribution in [-0.2, 0) is 0 Å². The van der Waals surface area contributed by atoms with E-state index in [2.05, 4.69) is 35.1 Å². The Morgan fingerprint density at radius 1 is 0.941 bits per heavy atom. The molecule has 9 nitrogen and oxygen atoms in total. The van der Waals surface area contributed by atoms with Crippen LogP contribution in [0.4, 0.5) is 4.39 Å². The van der Waals surface area contributed by atoms with E-state index >= 15 is 0 Å². The van der Waals surface area contributed by atoms with E-state index in [0.29, 0.717) is 39.6 Å². The fourth-order valence-corrected chi connectivity index (χ4v) is 3.93. The zero-order chi connectivity index (χ0) is 23.2. The number of pyridine rings is 3. The number of imidazole rings is 1. The summed E-state index contributed by atoms with van der Waals surface area (Å²) in [6.45, 7) is 0. The van der Waals surface area contributed by atoms with Gasteiger partial charge in [-0.25, -0.2) is 19.3 Å². The van der Waals surface area contributed by atoms with Gasteiger partial charge in [-0.2, -0.15) is 5.10 Å². The highest BCUT2D eigenvalue weighted by Crippen LogP contribution is 2.33. The number of nitrogens with zero attached hydrogens (tertiary/aromatic N) is 5. The van der Waals surface area contributed by atoms with Gasteiger partial charge in [-0.1, -0.05) is 0 Å². The summed E-state index contributed by atoms with van der Waals surface area (Å²) in [5, 5.41) is 17.8. The first-order valence-corrected chi connectivity index (χ1v) is 10.3. The summed E-state index contributed by atoms with van der Waals surface area (Å²) in [4.78, 5) is 20.7. The Morgan fingerprint density at radius 2 is 1.82 bits per heavy atom. The Kier molecular flexibility index (Phi) is 4.44. The summed E-state index contributed by atoms with van der Waals surface area (Å²) in [5.74, 6) is 0.585. The Labute approximate surface area is 191 Å².